The number of carbonyl (C=O) groups is 1. The highest BCUT2D eigenvalue weighted by Crippen LogP contribution is 2.22. The smallest absolute Gasteiger partial charge is 0.227 e. The van der Waals surface area contributed by atoms with Gasteiger partial charge in [-0.2, -0.15) is 0 Å². The van der Waals surface area contributed by atoms with Crippen LogP contribution in [0.2, 0.25) is 5.02 Å². The third-order valence-corrected chi connectivity index (χ3v) is 4.71. The summed E-state index contributed by atoms with van der Waals surface area (Å²) in [6.07, 6.45) is 10.4. The first-order valence-corrected chi connectivity index (χ1v) is 8.60. The summed E-state index contributed by atoms with van der Waals surface area (Å²) >= 11 is 6.02. The van der Waals surface area contributed by atoms with Gasteiger partial charge in [0.15, 0.2) is 0 Å². The Morgan fingerprint density at radius 3 is 3.04 bits per heavy atom. The number of carbonyl (C=O) groups excluding carboxylic acids is 1. The van der Waals surface area contributed by atoms with Gasteiger partial charge in [0.2, 0.25) is 5.91 Å². The van der Waals surface area contributed by atoms with Crippen molar-refractivity contribution in [1.29, 1.82) is 0 Å². The van der Waals surface area contributed by atoms with Gasteiger partial charge in [0.05, 0.1) is 12.7 Å². The number of amides is 1. The number of benzene rings is 1. The Balaban J connectivity index is 1.61. The normalized spacial score (nSPS) is 18.1. The Kier molecular flexibility index (Phi) is 5.34. The molecule has 2 heterocycles. The minimum absolute atomic E-state index is 0.211. The van der Waals surface area contributed by atoms with Crippen LogP contribution in [0, 0.1) is 0 Å². The maximum atomic E-state index is 12.7. The van der Waals surface area contributed by atoms with E-state index in [9.17, 15) is 4.79 Å². The summed E-state index contributed by atoms with van der Waals surface area (Å²) in [4.78, 5) is 18.9. The van der Waals surface area contributed by atoms with E-state index in [4.69, 9.17) is 11.6 Å². The van der Waals surface area contributed by atoms with Crippen molar-refractivity contribution in [2.45, 2.75) is 44.7 Å². The first-order valence-electron chi connectivity index (χ1n) is 8.22. The highest BCUT2D eigenvalue weighted by atomic mass is 35.5. The Bertz CT molecular complexity index is 641. The number of rotatable bonds is 5. The van der Waals surface area contributed by atoms with Crippen molar-refractivity contribution < 1.29 is 4.79 Å². The molecule has 0 saturated carbocycles. The maximum absolute atomic E-state index is 12.7. The minimum Gasteiger partial charge on any atom is -0.339 e. The number of aryl methyl sites for hydroxylation is 1. The standard InChI is InChI=1S/C18H22ClN3O/c19-16-5-3-4-15(12-16)13-18(23)22-9-2-1-6-17(22)7-10-21-11-8-20-14-21/h3-5,8,11-12,14,17H,1-2,6-7,9-10,13H2. The highest BCUT2D eigenvalue weighted by Gasteiger charge is 2.26. The molecule has 1 amide bonds. The average Bonchev–Trinajstić information content (AvgIpc) is 3.06. The molecule has 0 bridgehead atoms. The third-order valence-electron chi connectivity index (χ3n) is 4.47. The zero-order valence-electron chi connectivity index (χ0n) is 13.2. The fraction of sp³-hybridized carbons (Fsp3) is 0.444. The number of piperidine rings is 1. The molecule has 122 valence electrons. The van der Waals surface area contributed by atoms with Crippen LogP contribution in [0.25, 0.3) is 0 Å². The van der Waals surface area contributed by atoms with E-state index in [-0.39, 0.29) is 5.91 Å². The number of imidazole rings is 1. The molecule has 2 aromatic rings. The molecule has 1 aromatic carbocycles. The Hall–Kier alpha value is -1.81. The molecule has 1 atom stereocenters. The van der Waals surface area contributed by atoms with Crippen LogP contribution in [0.5, 0.6) is 0 Å². The lowest BCUT2D eigenvalue weighted by atomic mass is 9.98. The number of nitrogens with zero attached hydrogens (tertiary/aromatic N) is 3. The van der Waals surface area contributed by atoms with Gasteiger partial charge >= 0.3 is 0 Å². The molecular weight excluding hydrogens is 310 g/mol. The van der Waals surface area contributed by atoms with Crippen molar-refractivity contribution in [3.63, 3.8) is 0 Å². The molecule has 4 nitrogen and oxygen atoms in total. The van der Waals surface area contributed by atoms with Gasteiger partial charge in [-0.3, -0.25) is 4.79 Å². The summed E-state index contributed by atoms with van der Waals surface area (Å²) in [5, 5.41) is 0.686. The van der Waals surface area contributed by atoms with Crippen LogP contribution in [0.15, 0.2) is 43.0 Å². The summed E-state index contributed by atoms with van der Waals surface area (Å²) in [6.45, 7) is 1.78. The van der Waals surface area contributed by atoms with E-state index >= 15 is 0 Å². The van der Waals surface area contributed by atoms with Crippen LogP contribution >= 0.6 is 11.6 Å². The van der Waals surface area contributed by atoms with Crippen molar-refractivity contribution in [2.75, 3.05) is 6.54 Å². The van der Waals surface area contributed by atoms with Crippen LogP contribution < -0.4 is 0 Å². The molecule has 3 rings (SSSR count). The molecule has 5 heteroatoms. The van der Waals surface area contributed by atoms with E-state index in [0.717, 1.165) is 37.9 Å². The Labute approximate surface area is 142 Å². The van der Waals surface area contributed by atoms with E-state index in [1.807, 2.05) is 36.8 Å². The number of halogens is 1. The van der Waals surface area contributed by atoms with Gasteiger partial charge in [0.1, 0.15) is 0 Å². The molecule has 1 saturated heterocycles. The second kappa shape index (κ2) is 7.64. The van der Waals surface area contributed by atoms with Crippen molar-refractivity contribution in [2.24, 2.45) is 0 Å². The summed E-state index contributed by atoms with van der Waals surface area (Å²) in [7, 11) is 0. The molecule has 0 aliphatic carbocycles. The Morgan fingerprint density at radius 1 is 1.35 bits per heavy atom. The largest absolute Gasteiger partial charge is 0.339 e. The summed E-state index contributed by atoms with van der Waals surface area (Å²) in [6, 6.07) is 7.91. The first kappa shape index (κ1) is 16.1. The lowest BCUT2D eigenvalue weighted by Gasteiger charge is -2.36. The van der Waals surface area contributed by atoms with E-state index in [1.165, 1.54) is 6.42 Å². The van der Waals surface area contributed by atoms with Gasteiger partial charge in [-0.05, 0) is 43.4 Å². The molecule has 1 aliphatic heterocycles. The molecular formula is C18H22ClN3O. The molecule has 1 unspecified atom stereocenters. The maximum Gasteiger partial charge on any atom is 0.227 e. The van der Waals surface area contributed by atoms with E-state index < -0.39 is 0 Å². The minimum atomic E-state index is 0.211. The topological polar surface area (TPSA) is 38.1 Å². The lowest BCUT2D eigenvalue weighted by Crippen LogP contribution is -2.44. The van der Waals surface area contributed by atoms with E-state index in [2.05, 4.69) is 14.5 Å². The number of hydrogen-bond donors (Lipinski definition) is 0. The molecule has 1 aromatic heterocycles. The Morgan fingerprint density at radius 2 is 2.26 bits per heavy atom. The molecule has 0 N–H and O–H groups in total. The van der Waals surface area contributed by atoms with Crippen molar-refractivity contribution in [3.05, 3.63) is 53.6 Å². The zero-order chi connectivity index (χ0) is 16.1. The monoisotopic (exact) mass is 331 g/mol. The number of aromatic nitrogens is 2. The zero-order valence-corrected chi connectivity index (χ0v) is 14.0. The lowest BCUT2D eigenvalue weighted by molar-refractivity contribution is -0.134. The molecule has 0 radical (unpaired) electrons. The van der Waals surface area contributed by atoms with Crippen LogP contribution in [-0.4, -0.2) is 32.9 Å². The fourth-order valence-corrected chi connectivity index (χ4v) is 3.48. The van der Waals surface area contributed by atoms with Gasteiger partial charge in [0.25, 0.3) is 0 Å². The van der Waals surface area contributed by atoms with Gasteiger partial charge in [-0.15, -0.1) is 0 Å². The third kappa shape index (κ3) is 4.35. The number of hydrogen-bond acceptors (Lipinski definition) is 2. The van der Waals surface area contributed by atoms with Gasteiger partial charge in [-0.25, -0.2) is 4.98 Å². The van der Waals surface area contributed by atoms with Crippen molar-refractivity contribution in [1.82, 2.24) is 14.5 Å². The molecule has 1 fully saturated rings. The van der Waals surface area contributed by atoms with Gasteiger partial charge in [0, 0.05) is 36.5 Å². The SMILES string of the molecule is O=C(Cc1cccc(Cl)c1)N1CCCCC1CCn1ccnc1. The second-order valence-corrected chi connectivity index (χ2v) is 6.57. The second-order valence-electron chi connectivity index (χ2n) is 6.13. The highest BCUT2D eigenvalue weighted by molar-refractivity contribution is 6.30. The molecule has 1 aliphatic rings. The van der Waals surface area contributed by atoms with Crippen LogP contribution in [0.4, 0.5) is 0 Å². The predicted molar refractivity (Wildman–Crippen MR) is 91.4 cm³/mol. The molecule has 0 spiro atoms. The predicted octanol–water partition coefficient (Wildman–Crippen LogP) is 3.55. The van der Waals surface area contributed by atoms with Crippen molar-refractivity contribution in [3.8, 4) is 0 Å². The van der Waals surface area contributed by atoms with Crippen LogP contribution in [-0.2, 0) is 17.8 Å². The number of likely N-dealkylation sites (tertiary alicyclic amines) is 1. The van der Waals surface area contributed by atoms with E-state index in [1.54, 1.807) is 6.20 Å². The quantitative estimate of drug-likeness (QED) is 0.840. The van der Waals surface area contributed by atoms with Gasteiger partial charge < -0.3 is 9.47 Å². The molecule has 23 heavy (non-hydrogen) atoms. The summed E-state index contributed by atoms with van der Waals surface area (Å²) in [5.74, 6) is 0.211. The fourth-order valence-electron chi connectivity index (χ4n) is 3.27. The summed E-state index contributed by atoms with van der Waals surface area (Å²) in [5.41, 5.74) is 0.987. The van der Waals surface area contributed by atoms with Crippen LogP contribution in [0.3, 0.4) is 0 Å². The summed E-state index contributed by atoms with van der Waals surface area (Å²) < 4.78 is 2.08. The average molecular weight is 332 g/mol. The van der Waals surface area contributed by atoms with Gasteiger partial charge in [-0.1, -0.05) is 23.7 Å². The van der Waals surface area contributed by atoms with E-state index in [0.29, 0.717) is 17.5 Å². The van der Waals surface area contributed by atoms with Crippen LogP contribution in [0.1, 0.15) is 31.2 Å². The van der Waals surface area contributed by atoms with Crippen molar-refractivity contribution >= 4 is 17.5 Å². The first-order chi connectivity index (χ1) is 11.2.